The van der Waals surface area contributed by atoms with Crippen molar-refractivity contribution in [3.63, 3.8) is 0 Å². The number of imidazole rings is 1. The van der Waals surface area contributed by atoms with Crippen molar-refractivity contribution in [1.82, 2.24) is 14.9 Å². The van der Waals surface area contributed by atoms with Gasteiger partial charge in [0, 0.05) is 31.3 Å². The highest BCUT2D eigenvalue weighted by Crippen LogP contribution is 2.34. The summed E-state index contributed by atoms with van der Waals surface area (Å²) in [6.07, 6.45) is 1.56. The second-order valence-corrected chi connectivity index (χ2v) is 6.65. The second-order valence-electron chi connectivity index (χ2n) is 6.65. The molecule has 1 aromatic heterocycles. The number of anilines is 1. The molecule has 1 heterocycles. The maximum Gasteiger partial charge on any atom is 0.291 e. The summed E-state index contributed by atoms with van der Waals surface area (Å²) in [5.41, 5.74) is 1.66. The molecule has 0 radical (unpaired) electrons. The highest BCUT2D eigenvalue weighted by molar-refractivity contribution is 6.03. The van der Waals surface area contributed by atoms with E-state index in [-0.39, 0.29) is 35.0 Å². The monoisotopic (exact) mass is 423 g/mol. The molecule has 0 fully saturated rings. The number of carbonyl (C=O) groups is 1. The van der Waals surface area contributed by atoms with Crippen molar-refractivity contribution >= 4 is 11.6 Å². The van der Waals surface area contributed by atoms with Crippen LogP contribution < -0.4 is 15.4 Å². The number of amides is 1. The fourth-order valence-corrected chi connectivity index (χ4v) is 3.17. The van der Waals surface area contributed by atoms with Crippen molar-refractivity contribution in [1.29, 1.82) is 5.26 Å². The van der Waals surface area contributed by atoms with Crippen molar-refractivity contribution in [3.8, 4) is 22.9 Å². The summed E-state index contributed by atoms with van der Waals surface area (Å²) in [4.78, 5) is 17.0. The Kier molecular flexibility index (Phi) is 6.97. The molecule has 1 amide bonds. The maximum absolute atomic E-state index is 14.8. The van der Waals surface area contributed by atoms with E-state index in [0.717, 1.165) is 5.69 Å². The second kappa shape index (κ2) is 9.84. The van der Waals surface area contributed by atoms with Gasteiger partial charge in [-0.1, -0.05) is 24.3 Å². The molecule has 0 aliphatic rings. The molecule has 0 bridgehead atoms. The number of hydrogen-bond donors (Lipinski definition) is 3. The zero-order valence-corrected chi connectivity index (χ0v) is 17.1. The molecule has 0 aliphatic heterocycles. The first-order valence-corrected chi connectivity index (χ1v) is 9.51. The van der Waals surface area contributed by atoms with Gasteiger partial charge in [-0.25, -0.2) is 9.37 Å². The summed E-state index contributed by atoms with van der Waals surface area (Å²) in [5, 5.41) is 24.3. The van der Waals surface area contributed by atoms with Gasteiger partial charge in [0.2, 0.25) is 0 Å². The van der Waals surface area contributed by atoms with Crippen LogP contribution in [0, 0.1) is 17.1 Å². The Morgan fingerprint density at radius 3 is 2.74 bits per heavy atom. The minimum absolute atomic E-state index is 0.00630. The molecule has 3 aromatic rings. The number of hydrogen-bond acceptors (Lipinski definition) is 6. The first-order chi connectivity index (χ1) is 15.0. The van der Waals surface area contributed by atoms with Gasteiger partial charge in [0.05, 0.1) is 36.9 Å². The minimum atomic E-state index is -0.589. The third kappa shape index (κ3) is 4.55. The molecular weight excluding hydrogens is 401 g/mol. The molecule has 0 aliphatic carbocycles. The maximum atomic E-state index is 14.8. The minimum Gasteiger partial charge on any atom is -0.494 e. The Hall–Kier alpha value is -3.74. The van der Waals surface area contributed by atoms with Crippen LogP contribution in [0.1, 0.15) is 21.9 Å². The molecule has 160 valence electrons. The van der Waals surface area contributed by atoms with E-state index in [9.17, 15) is 14.4 Å². The van der Waals surface area contributed by atoms with E-state index in [1.165, 1.54) is 13.2 Å². The standard InChI is InChI=1S/C22H22FN5O3/c1-28-14(12-25-9-10-29)13-26-21(28)22(30)27-18-7-3-5-15(17(18)11-24)16-6-4-8-19(31-2)20(16)23/h3-8,13,25,29H,9-10,12H2,1-2H3,(H,27,30). The van der Waals surface area contributed by atoms with E-state index in [4.69, 9.17) is 9.84 Å². The van der Waals surface area contributed by atoms with Gasteiger partial charge >= 0.3 is 0 Å². The predicted molar refractivity (Wildman–Crippen MR) is 113 cm³/mol. The lowest BCUT2D eigenvalue weighted by Gasteiger charge is -2.13. The molecule has 0 atom stereocenters. The summed E-state index contributed by atoms with van der Waals surface area (Å²) in [7, 11) is 3.07. The Balaban J connectivity index is 1.91. The van der Waals surface area contributed by atoms with Crippen molar-refractivity contribution in [2.45, 2.75) is 6.54 Å². The van der Waals surface area contributed by atoms with Gasteiger partial charge in [0.1, 0.15) is 6.07 Å². The lowest BCUT2D eigenvalue weighted by atomic mass is 9.98. The third-order valence-corrected chi connectivity index (χ3v) is 4.78. The number of ether oxygens (including phenoxy) is 1. The molecule has 0 unspecified atom stereocenters. The number of aliphatic hydroxyl groups is 1. The van der Waals surface area contributed by atoms with Crippen LogP contribution in [0.3, 0.4) is 0 Å². The molecule has 2 aromatic carbocycles. The van der Waals surface area contributed by atoms with Gasteiger partial charge in [0.25, 0.3) is 5.91 Å². The molecule has 3 rings (SSSR count). The molecule has 0 spiro atoms. The van der Waals surface area contributed by atoms with Crippen LogP contribution in [0.15, 0.2) is 42.6 Å². The highest BCUT2D eigenvalue weighted by atomic mass is 19.1. The number of halogens is 1. The van der Waals surface area contributed by atoms with E-state index in [1.807, 2.05) is 0 Å². The highest BCUT2D eigenvalue weighted by Gasteiger charge is 2.19. The van der Waals surface area contributed by atoms with Crippen molar-refractivity contribution < 1.29 is 19.0 Å². The first kappa shape index (κ1) is 22.0. The summed E-state index contributed by atoms with van der Waals surface area (Å²) < 4.78 is 21.4. The predicted octanol–water partition coefficient (Wildman–Crippen LogP) is 2.44. The Morgan fingerprint density at radius 2 is 2.03 bits per heavy atom. The van der Waals surface area contributed by atoms with Gasteiger partial charge in [0.15, 0.2) is 17.4 Å². The SMILES string of the molecule is COc1cccc(-c2cccc(NC(=O)c3ncc(CNCCO)n3C)c2C#N)c1F. The molecular formula is C22H22FN5O3. The van der Waals surface area contributed by atoms with Gasteiger partial charge in [-0.3, -0.25) is 4.79 Å². The number of nitrogens with one attached hydrogen (secondary N) is 2. The molecule has 0 saturated carbocycles. The largest absolute Gasteiger partial charge is 0.494 e. The number of nitriles is 1. The molecule has 8 nitrogen and oxygen atoms in total. The number of nitrogens with zero attached hydrogens (tertiary/aromatic N) is 3. The van der Waals surface area contributed by atoms with E-state index < -0.39 is 11.7 Å². The number of carbonyl (C=O) groups excluding carboxylic acids is 1. The van der Waals surface area contributed by atoms with Crippen molar-refractivity contribution in [3.05, 3.63) is 65.5 Å². The lowest BCUT2D eigenvalue weighted by molar-refractivity contribution is 0.101. The lowest BCUT2D eigenvalue weighted by Crippen LogP contribution is -2.21. The average Bonchev–Trinajstić information content (AvgIpc) is 3.14. The van der Waals surface area contributed by atoms with E-state index in [0.29, 0.717) is 18.7 Å². The van der Waals surface area contributed by atoms with Crippen LogP contribution >= 0.6 is 0 Å². The van der Waals surface area contributed by atoms with Crippen LogP contribution in [-0.4, -0.2) is 40.8 Å². The van der Waals surface area contributed by atoms with Crippen LogP contribution in [0.5, 0.6) is 5.75 Å². The fraction of sp³-hybridized carbons (Fsp3) is 0.227. The molecule has 9 heteroatoms. The molecule has 0 saturated heterocycles. The first-order valence-electron chi connectivity index (χ1n) is 9.51. The number of aliphatic hydroxyl groups excluding tert-OH is 1. The summed E-state index contributed by atoms with van der Waals surface area (Å²) in [6, 6.07) is 11.5. The van der Waals surface area contributed by atoms with Gasteiger partial charge in [-0.2, -0.15) is 5.26 Å². The van der Waals surface area contributed by atoms with E-state index >= 15 is 0 Å². The quantitative estimate of drug-likeness (QED) is 0.480. The van der Waals surface area contributed by atoms with Gasteiger partial charge in [-0.05, 0) is 12.1 Å². The third-order valence-electron chi connectivity index (χ3n) is 4.78. The Morgan fingerprint density at radius 1 is 1.29 bits per heavy atom. The van der Waals surface area contributed by atoms with Crippen molar-refractivity contribution in [2.24, 2.45) is 7.05 Å². The van der Waals surface area contributed by atoms with Crippen LogP contribution in [0.4, 0.5) is 10.1 Å². The zero-order chi connectivity index (χ0) is 22.4. The summed E-state index contributed by atoms with van der Waals surface area (Å²) in [6.45, 7) is 0.865. The summed E-state index contributed by atoms with van der Waals surface area (Å²) in [5.74, 6) is -0.876. The summed E-state index contributed by atoms with van der Waals surface area (Å²) >= 11 is 0. The Bertz CT molecular complexity index is 1140. The normalized spacial score (nSPS) is 10.5. The van der Waals surface area contributed by atoms with Gasteiger partial charge < -0.3 is 25.0 Å². The zero-order valence-electron chi connectivity index (χ0n) is 17.1. The smallest absolute Gasteiger partial charge is 0.291 e. The number of methoxy groups -OCH3 is 1. The Labute approximate surface area is 178 Å². The van der Waals surface area contributed by atoms with E-state index in [2.05, 4.69) is 21.7 Å². The van der Waals surface area contributed by atoms with E-state index in [1.54, 1.807) is 48.1 Å². The molecule has 31 heavy (non-hydrogen) atoms. The van der Waals surface area contributed by atoms with Crippen LogP contribution in [0.25, 0.3) is 11.1 Å². The topological polar surface area (TPSA) is 112 Å². The fourth-order valence-electron chi connectivity index (χ4n) is 3.17. The molecule has 3 N–H and O–H groups in total. The average molecular weight is 423 g/mol. The van der Waals surface area contributed by atoms with Crippen molar-refractivity contribution in [2.75, 3.05) is 25.6 Å². The number of rotatable bonds is 8. The van der Waals surface area contributed by atoms with Crippen LogP contribution in [0.2, 0.25) is 0 Å². The number of benzene rings is 2. The van der Waals surface area contributed by atoms with Crippen LogP contribution in [-0.2, 0) is 13.6 Å². The van der Waals surface area contributed by atoms with Gasteiger partial charge in [-0.15, -0.1) is 0 Å². The number of aromatic nitrogens is 2.